The molecule has 2 aliphatic carbocycles. The second-order valence-electron chi connectivity index (χ2n) is 7.40. The van der Waals surface area contributed by atoms with Gasteiger partial charge in [0.15, 0.2) is 0 Å². The molecule has 1 aromatic carbocycles. The van der Waals surface area contributed by atoms with Gasteiger partial charge in [-0.1, -0.05) is 0 Å². The minimum atomic E-state index is 0.135. The Morgan fingerprint density at radius 2 is 1.96 bits per heavy atom. The summed E-state index contributed by atoms with van der Waals surface area (Å²) in [5.74, 6) is 0.959. The van der Waals surface area contributed by atoms with Gasteiger partial charge in [0, 0.05) is 23.3 Å². The van der Waals surface area contributed by atoms with Crippen molar-refractivity contribution in [3.63, 3.8) is 0 Å². The topological polar surface area (TPSA) is 58.2 Å². The van der Waals surface area contributed by atoms with Gasteiger partial charge in [-0.2, -0.15) is 5.10 Å². The van der Waals surface area contributed by atoms with Gasteiger partial charge >= 0.3 is 0 Å². The number of H-pyrrole nitrogens is 1. The van der Waals surface area contributed by atoms with Crippen LogP contribution in [-0.2, 0) is 12.8 Å². The molecular formula is C20H25N3O2. The third-order valence-corrected chi connectivity index (χ3v) is 5.03. The molecule has 5 heteroatoms. The molecule has 1 unspecified atom stereocenters. The van der Waals surface area contributed by atoms with E-state index in [9.17, 15) is 4.79 Å². The van der Waals surface area contributed by atoms with Crippen LogP contribution in [0.15, 0.2) is 30.5 Å². The predicted molar refractivity (Wildman–Crippen MR) is 95.8 cm³/mol. The summed E-state index contributed by atoms with van der Waals surface area (Å²) in [6, 6.07) is 8.25. The number of ether oxygens (including phenoxy) is 1. The number of fused-ring (bicyclic) bond motifs is 1. The van der Waals surface area contributed by atoms with Crippen LogP contribution in [-0.4, -0.2) is 39.2 Å². The fourth-order valence-corrected chi connectivity index (χ4v) is 3.71. The van der Waals surface area contributed by atoms with E-state index in [0.717, 1.165) is 43.4 Å². The van der Waals surface area contributed by atoms with E-state index in [4.69, 9.17) is 4.74 Å². The molecule has 0 radical (unpaired) electrons. The number of aromatic nitrogens is 2. The number of carbonyl (C=O) groups excluding carboxylic acids is 1. The molecule has 1 fully saturated rings. The summed E-state index contributed by atoms with van der Waals surface area (Å²) in [4.78, 5) is 15.3. The van der Waals surface area contributed by atoms with Gasteiger partial charge in [-0.15, -0.1) is 0 Å². The van der Waals surface area contributed by atoms with Crippen molar-refractivity contribution in [2.45, 2.75) is 64.1 Å². The predicted octanol–water partition coefficient (Wildman–Crippen LogP) is 3.36. The minimum Gasteiger partial charge on any atom is -0.491 e. The lowest BCUT2D eigenvalue weighted by atomic mass is 9.92. The van der Waals surface area contributed by atoms with E-state index in [1.165, 1.54) is 11.3 Å². The molecule has 4 rings (SSSR count). The summed E-state index contributed by atoms with van der Waals surface area (Å²) in [5.41, 5.74) is 3.24. The summed E-state index contributed by atoms with van der Waals surface area (Å²) in [7, 11) is 0. The van der Waals surface area contributed by atoms with Gasteiger partial charge in [-0.25, -0.2) is 0 Å². The maximum absolute atomic E-state index is 13.2. The quantitative estimate of drug-likeness (QED) is 0.909. The van der Waals surface area contributed by atoms with Gasteiger partial charge in [0.25, 0.3) is 5.91 Å². The van der Waals surface area contributed by atoms with Crippen molar-refractivity contribution in [1.82, 2.24) is 15.1 Å². The molecule has 1 heterocycles. The average molecular weight is 339 g/mol. The lowest BCUT2D eigenvalue weighted by molar-refractivity contribution is 0.0642. The lowest BCUT2D eigenvalue weighted by Gasteiger charge is -2.34. The number of nitrogens with one attached hydrogen (secondary N) is 1. The third kappa shape index (κ3) is 3.41. The highest BCUT2D eigenvalue weighted by Gasteiger charge is 2.39. The molecule has 5 nitrogen and oxygen atoms in total. The number of hydrogen-bond acceptors (Lipinski definition) is 3. The van der Waals surface area contributed by atoms with Gasteiger partial charge < -0.3 is 9.64 Å². The van der Waals surface area contributed by atoms with Crippen molar-refractivity contribution in [1.29, 1.82) is 0 Å². The molecule has 0 bridgehead atoms. The van der Waals surface area contributed by atoms with Crippen LogP contribution < -0.4 is 4.74 Å². The summed E-state index contributed by atoms with van der Waals surface area (Å²) < 4.78 is 5.68. The minimum absolute atomic E-state index is 0.135. The van der Waals surface area contributed by atoms with Crippen LogP contribution in [0.3, 0.4) is 0 Å². The first kappa shape index (κ1) is 16.2. The van der Waals surface area contributed by atoms with Crippen LogP contribution in [0.2, 0.25) is 0 Å². The van der Waals surface area contributed by atoms with Crippen molar-refractivity contribution >= 4 is 5.91 Å². The molecule has 2 aromatic rings. The Kier molecular flexibility index (Phi) is 4.24. The van der Waals surface area contributed by atoms with E-state index in [1.807, 2.05) is 44.3 Å². The number of aryl methyl sites for hydroxylation is 1. The number of hydrogen-bond donors (Lipinski definition) is 1. The zero-order valence-electron chi connectivity index (χ0n) is 14.9. The largest absolute Gasteiger partial charge is 0.491 e. The van der Waals surface area contributed by atoms with Crippen LogP contribution in [0, 0.1) is 0 Å². The molecule has 0 saturated heterocycles. The molecule has 132 valence electrons. The standard InChI is InChI=1S/C20H25N3O2/c1-13(2)25-18-8-3-14(4-9-18)20(24)23(16-5-6-16)17-7-10-19-15(11-17)12-21-22-19/h3-4,8-9,12-13,16-17H,5-7,10-11H2,1-2H3,(H,21,22). The van der Waals surface area contributed by atoms with E-state index >= 15 is 0 Å². The summed E-state index contributed by atoms with van der Waals surface area (Å²) in [5, 5.41) is 7.23. The van der Waals surface area contributed by atoms with Crippen molar-refractivity contribution in [3.05, 3.63) is 47.3 Å². The van der Waals surface area contributed by atoms with Crippen molar-refractivity contribution in [2.24, 2.45) is 0 Å². The highest BCUT2D eigenvalue weighted by molar-refractivity contribution is 5.95. The third-order valence-electron chi connectivity index (χ3n) is 5.03. The van der Waals surface area contributed by atoms with Gasteiger partial charge in [0.1, 0.15) is 5.75 Å². The van der Waals surface area contributed by atoms with Crippen molar-refractivity contribution in [2.75, 3.05) is 0 Å². The van der Waals surface area contributed by atoms with Gasteiger partial charge in [-0.3, -0.25) is 9.89 Å². The monoisotopic (exact) mass is 339 g/mol. The van der Waals surface area contributed by atoms with Gasteiger partial charge in [0.2, 0.25) is 0 Å². The first-order valence-corrected chi connectivity index (χ1v) is 9.22. The molecule has 1 amide bonds. The lowest BCUT2D eigenvalue weighted by Crippen LogP contribution is -2.44. The Hall–Kier alpha value is -2.30. The maximum Gasteiger partial charge on any atom is 0.254 e. The van der Waals surface area contributed by atoms with Crippen LogP contribution in [0.1, 0.15) is 54.7 Å². The van der Waals surface area contributed by atoms with E-state index in [1.54, 1.807) is 0 Å². The van der Waals surface area contributed by atoms with Gasteiger partial charge in [0.05, 0.1) is 12.3 Å². The van der Waals surface area contributed by atoms with Crippen LogP contribution in [0.4, 0.5) is 0 Å². The van der Waals surface area contributed by atoms with Crippen molar-refractivity contribution < 1.29 is 9.53 Å². The van der Waals surface area contributed by atoms with Crippen molar-refractivity contribution in [3.8, 4) is 5.75 Å². The number of benzene rings is 1. The first-order chi connectivity index (χ1) is 12.1. The number of aromatic amines is 1. The van der Waals surface area contributed by atoms with Crippen LogP contribution >= 0.6 is 0 Å². The summed E-state index contributed by atoms with van der Waals surface area (Å²) >= 11 is 0. The second-order valence-corrected chi connectivity index (χ2v) is 7.40. The number of nitrogens with zero attached hydrogens (tertiary/aromatic N) is 2. The van der Waals surface area contributed by atoms with E-state index < -0.39 is 0 Å². The molecule has 25 heavy (non-hydrogen) atoms. The van der Waals surface area contributed by atoms with E-state index in [-0.39, 0.29) is 18.1 Å². The van der Waals surface area contributed by atoms with E-state index in [0.29, 0.717) is 6.04 Å². The maximum atomic E-state index is 13.2. The molecule has 0 aliphatic heterocycles. The highest BCUT2D eigenvalue weighted by Crippen LogP contribution is 2.34. The Morgan fingerprint density at radius 1 is 1.20 bits per heavy atom. The van der Waals surface area contributed by atoms with Crippen LogP contribution in [0.25, 0.3) is 0 Å². The molecular weight excluding hydrogens is 314 g/mol. The second kappa shape index (κ2) is 6.54. The summed E-state index contributed by atoms with van der Waals surface area (Å²) in [6.45, 7) is 4.00. The normalized spacial score (nSPS) is 19.6. The zero-order chi connectivity index (χ0) is 17.4. The Labute approximate surface area is 148 Å². The Balaban J connectivity index is 1.52. The van der Waals surface area contributed by atoms with E-state index in [2.05, 4.69) is 15.1 Å². The molecule has 1 aromatic heterocycles. The molecule has 1 saturated carbocycles. The number of carbonyl (C=O) groups is 1. The number of rotatable bonds is 5. The molecule has 1 atom stereocenters. The Bertz CT molecular complexity index is 747. The zero-order valence-corrected chi connectivity index (χ0v) is 14.9. The first-order valence-electron chi connectivity index (χ1n) is 9.22. The smallest absolute Gasteiger partial charge is 0.254 e. The van der Waals surface area contributed by atoms with Crippen LogP contribution in [0.5, 0.6) is 5.75 Å². The van der Waals surface area contributed by atoms with Gasteiger partial charge in [-0.05, 0) is 75.8 Å². The summed E-state index contributed by atoms with van der Waals surface area (Å²) in [6.07, 6.45) is 7.17. The SMILES string of the molecule is CC(C)Oc1ccc(C(=O)N(C2CC2)C2CCc3[nH]ncc3C2)cc1. The fourth-order valence-electron chi connectivity index (χ4n) is 3.71. The number of amides is 1. The molecule has 0 spiro atoms. The molecule has 2 aliphatic rings. The Morgan fingerprint density at radius 3 is 2.64 bits per heavy atom. The highest BCUT2D eigenvalue weighted by atomic mass is 16.5. The molecule has 1 N–H and O–H groups in total. The fraction of sp³-hybridized carbons (Fsp3) is 0.500. The average Bonchev–Trinajstić information content (AvgIpc) is 3.31.